The van der Waals surface area contributed by atoms with E-state index < -0.39 is 5.82 Å². The predicted molar refractivity (Wildman–Crippen MR) is 68.2 cm³/mol. The van der Waals surface area contributed by atoms with E-state index in [1.165, 1.54) is 12.1 Å². The zero-order valence-electron chi connectivity index (χ0n) is 9.94. The van der Waals surface area contributed by atoms with E-state index in [1.54, 1.807) is 12.1 Å². The molecule has 2 rings (SSSR count). The van der Waals surface area contributed by atoms with Crippen molar-refractivity contribution in [2.24, 2.45) is 0 Å². The Morgan fingerprint density at radius 2 is 1.94 bits per heavy atom. The van der Waals surface area contributed by atoms with Gasteiger partial charge in [-0.25, -0.2) is 4.39 Å². The predicted octanol–water partition coefficient (Wildman–Crippen LogP) is 3.16. The van der Waals surface area contributed by atoms with Crippen molar-refractivity contribution in [3.8, 4) is 11.5 Å². The highest BCUT2D eigenvalue weighted by molar-refractivity contribution is 5.49. The van der Waals surface area contributed by atoms with Crippen LogP contribution in [0, 0.1) is 12.7 Å². The number of anilines is 1. The molecule has 0 aromatic heterocycles. The van der Waals surface area contributed by atoms with Gasteiger partial charge in [0, 0.05) is 23.9 Å². The molecule has 3 N–H and O–H groups in total. The molecule has 3 nitrogen and oxygen atoms in total. The Morgan fingerprint density at radius 3 is 2.67 bits per heavy atom. The first-order chi connectivity index (χ1) is 8.58. The number of aromatic hydroxyl groups is 2. The van der Waals surface area contributed by atoms with Gasteiger partial charge in [0.25, 0.3) is 0 Å². The Labute approximate surface area is 105 Å². The zero-order chi connectivity index (χ0) is 13.1. The van der Waals surface area contributed by atoms with E-state index >= 15 is 0 Å². The number of hydrogen-bond donors (Lipinski definition) is 3. The normalized spacial score (nSPS) is 10.3. The van der Waals surface area contributed by atoms with Crippen LogP contribution in [-0.4, -0.2) is 10.2 Å². The van der Waals surface area contributed by atoms with Gasteiger partial charge in [-0.2, -0.15) is 0 Å². The second-order valence-electron chi connectivity index (χ2n) is 4.10. The molecule has 0 aliphatic rings. The zero-order valence-corrected chi connectivity index (χ0v) is 9.94. The van der Waals surface area contributed by atoms with Crippen molar-refractivity contribution in [2.45, 2.75) is 13.5 Å². The van der Waals surface area contributed by atoms with E-state index in [-0.39, 0.29) is 11.5 Å². The maximum absolute atomic E-state index is 13.1. The van der Waals surface area contributed by atoms with Gasteiger partial charge in [-0.15, -0.1) is 0 Å². The Balaban J connectivity index is 2.11. The third kappa shape index (κ3) is 2.53. The topological polar surface area (TPSA) is 52.5 Å². The summed E-state index contributed by atoms with van der Waals surface area (Å²) in [5, 5.41) is 21.9. The molecular formula is C14H14FNO2. The molecule has 0 bridgehead atoms. The average molecular weight is 247 g/mol. The summed E-state index contributed by atoms with van der Waals surface area (Å²) in [5.74, 6) is -0.809. The second-order valence-corrected chi connectivity index (χ2v) is 4.10. The van der Waals surface area contributed by atoms with Crippen LogP contribution >= 0.6 is 0 Å². The van der Waals surface area contributed by atoms with Gasteiger partial charge in [0.2, 0.25) is 0 Å². The van der Waals surface area contributed by atoms with E-state index in [0.717, 1.165) is 11.1 Å². The van der Waals surface area contributed by atoms with Crippen molar-refractivity contribution in [1.82, 2.24) is 0 Å². The van der Waals surface area contributed by atoms with Crippen LogP contribution in [0.4, 0.5) is 10.1 Å². The van der Waals surface area contributed by atoms with Gasteiger partial charge in [0.05, 0.1) is 0 Å². The minimum absolute atomic E-state index is 0.240. The first-order valence-electron chi connectivity index (χ1n) is 5.58. The van der Waals surface area contributed by atoms with Crippen LogP contribution in [0.3, 0.4) is 0 Å². The fourth-order valence-corrected chi connectivity index (χ4v) is 1.68. The highest BCUT2D eigenvalue weighted by Crippen LogP contribution is 2.24. The number of phenols is 2. The van der Waals surface area contributed by atoms with E-state index in [9.17, 15) is 9.50 Å². The minimum atomic E-state index is -0.673. The van der Waals surface area contributed by atoms with E-state index in [0.29, 0.717) is 12.2 Å². The van der Waals surface area contributed by atoms with Crippen molar-refractivity contribution in [3.63, 3.8) is 0 Å². The molecule has 0 aliphatic heterocycles. The molecule has 0 saturated heterocycles. The standard InChI is InChI=1S/C14H14FNO2/c1-9-3-2-4-10(14(9)18)8-16-11-5-6-13(17)12(15)7-11/h2-7,16-18H,8H2,1H3. The molecule has 0 unspecified atom stereocenters. The minimum Gasteiger partial charge on any atom is -0.507 e. The van der Waals surface area contributed by atoms with E-state index in [1.807, 2.05) is 19.1 Å². The van der Waals surface area contributed by atoms with Gasteiger partial charge in [-0.3, -0.25) is 0 Å². The summed E-state index contributed by atoms with van der Waals surface area (Å²) >= 11 is 0. The maximum atomic E-state index is 13.1. The SMILES string of the molecule is Cc1cccc(CNc2ccc(O)c(F)c2)c1O. The Hall–Kier alpha value is -2.23. The summed E-state index contributed by atoms with van der Waals surface area (Å²) in [4.78, 5) is 0. The van der Waals surface area contributed by atoms with Gasteiger partial charge < -0.3 is 15.5 Å². The summed E-state index contributed by atoms with van der Waals surface area (Å²) in [5.41, 5.74) is 2.08. The Morgan fingerprint density at radius 1 is 1.17 bits per heavy atom. The molecule has 0 atom stereocenters. The quantitative estimate of drug-likeness (QED) is 0.730. The van der Waals surface area contributed by atoms with Gasteiger partial charge in [-0.1, -0.05) is 18.2 Å². The lowest BCUT2D eigenvalue weighted by atomic mass is 10.1. The van der Waals surface area contributed by atoms with Crippen LogP contribution in [0.25, 0.3) is 0 Å². The Bertz CT molecular complexity index is 570. The Kier molecular flexibility index (Phi) is 3.37. The van der Waals surface area contributed by atoms with Crippen molar-refractivity contribution in [2.75, 3.05) is 5.32 Å². The van der Waals surface area contributed by atoms with Crippen LogP contribution in [0.1, 0.15) is 11.1 Å². The van der Waals surface area contributed by atoms with Crippen LogP contribution < -0.4 is 5.32 Å². The van der Waals surface area contributed by atoms with Crippen LogP contribution in [0.5, 0.6) is 11.5 Å². The molecule has 0 fully saturated rings. The second kappa shape index (κ2) is 4.96. The summed E-state index contributed by atoms with van der Waals surface area (Å²) in [6.07, 6.45) is 0. The highest BCUT2D eigenvalue weighted by atomic mass is 19.1. The molecule has 0 spiro atoms. The van der Waals surface area contributed by atoms with Gasteiger partial charge in [0.1, 0.15) is 5.75 Å². The number of hydrogen-bond acceptors (Lipinski definition) is 3. The van der Waals surface area contributed by atoms with Crippen LogP contribution in [0.15, 0.2) is 36.4 Å². The van der Waals surface area contributed by atoms with E-state index in [4.69, 9.17) is 5.11 Å². The van der Waals surface area contributed by atoms with Crippen LogP contribution in [0.2, 0.25) is 0 Å². The molecule has 2 aromatic rings. The summed E-state index contributed by atoms with van der Waals surface area (Å²) < 4.78 is 13.1. The van der Waals surface area contributed by atoms with Crippen molar-refractivity contribution in [1.29, 1.82) is 0 Å². The molecular weight excluding hydrogens is 233 g/mol. The van der Waals surface area contributed by atoms with Crippen molar-refractivity contribution >= 4 is 5.69 Å². The molecule has 94 valence electrons. The molecule has 0 radical (unpaired) electrons. The highest BCUT2D eigenvalue weighted by Gasteiger charge is 2.05. The first kappa shape index (κ1) is 12.2. The maximum Gasteiger partial charge on any atom is 0.166 e. The summed E-state index contributed by atoms with van der Waals surface area (Å²) in [6, 6.07) is 9.54. The van der Waals surface area contributed by atoms with Crippen molar-refractivity contribution < 1.29 is 14.6 Å². The number of para-hydroxylation sites is 1. The molecule has 4 heteroatoms. The number of nitrogens with one attached hydrogen (secondary N) is 1. The average Bonchev–Trinajstić information content (AvgIpc) is 2.35. The third-order valence-electron chi connectivity index (χ3n) is 2.75. The number of rotatable bonds is 3. The fourth-order valence-electron chi connectivity index (χ4n) is 1.68. The molecule has 0 amide bonds. The third-order valence-corrected chi connectivity index (χ3v) is 2.75. The largest absolute Gasteiger partial charge is 0.507 e. The van der Waals surface area contributed by atoms with Crippen molar-refractivity contribution in [3.05, 3.63) is 53.3 Å². The molecule has 0 aliphatic carbocycles. The molecule has 0 heterocycles. The number of halogens is 1. The molecule has 2 aromatic carbocycles. The lowest BCUT2D eigenvalue weighted by Gasteiger charge is -2.10. The number of benzene rings is 2. The van der Waals surface area contributed by atoms with Gasteiger partial charge >= 0.3 is 0 Å². The lowest BCUT2D eigenvalue weighted by Crippen LogP contribution is -2.00. The van der Waals surface area contributed by atoms with Gasteiger partial charge in [-0.05, 0) is 24.6 Å². The fraction of sp³-hybridized carbons (Fsp3) is 0.143. The smallest absolute Gasteiger partial charge is 0.166 e. The van der Waals surface area contributed by atoms with Gasteiger partial charge in [0.15, 0.2) is 11.6 Å². The lowest BCUT2D eigenvalue weighted by molar-refractivity contribution is 0.432. The number of phenolic OH excluding ortho intramolecular Hbond substituents is 2. The monoisotopic (exact) mass is 247 g/mol. The first-order valence-corrected chi connectivity index (χ1v) is 5.58. The summed E-state index contributed by atoms with van der Waals surface area (Å²) in [6.45, 7) is 2.21. The number of aryl methyl sites for hydroxylation is 1. The summed E-state index contributed by atoms with van der Waals surface area (Å²) in [7, 11) is 0. The molecule has 18 heavy (non-hydrogen) atoms. The van der Waals surface area contributed by atoms with Crippen LogP contribution in [-0.2, 0) is 6.54 Å². The molecule has 0 saturated carbocycles. The van der Waals surface area contributed by atoms with E-state index in [2.05, 4.69) is 5.32 Å².